The molecule has 0 aliphatic rings. The third-order valence-electron chi connectivity index (χ3n) is 2.80. The maximum atomic E-state index is 9.70. The van der Waals surface area contributed by atoms with Gasteiger partial charge in [0.15, 0.2) is 0 Å². The highest BCUT2D eigenvalue weighted by Crippen LogP contribution is 2.18. The molecule has 1 unspecified atom stereocenters. The Morgan fingerprint density at radius 3 is 2.21 bits per heavy atom. The van der Waals surface area contributed by atoms with Crippen LogP contribution in [0, 0.1) is 5.92 Å². The predicted octanol–water partition coefficient (Wildman–Crippen LogP) is 3.14. The Hall–Kier alpha value is -1.06. The minimum Gasteiger partial charge on any atom is -0.493 e. The summed E-state index contributed by atoms with van der Waals surface area (Å²) in [6, 6.07) is 8.35. The van der Waals surface area contributed by atoms with E-state index in [0.717, 1.165) is 12.4 Å². The van der Waals surface area contributed by atoms with Gasteiger partial charge in [-0.25, -0.2) is 0 Å². The number of hydrogen-bond acceptors (Lipinski definition) is 3. The summed E-state index contributed by atoms with van der Waals surface area (Å²) in [5.74, 6) is 1.44. The van der Waals surface area contributed by atoms with Crippen molar-refractivity contribution in [1.82, 2.24) is 5.32 Å². The Labute approximate surface area is 117 Å². The van der Waals surface area contributed by atoms with Gasteiger partial charge in [0.05, 0.1) is 12.2 Å². The van der Waals surface area contributed by atoms with Gasteiger partial charge >= 0.3 is 0 Å². The highest BCUT2D eigenvalue weighted by atomic mass is 16.5. The molecule has 108 valence electrons. The fraction of sp³-hybridized carbons (Fsp3) is 0.625. The van der Waals surface area contributed by atoms with Gasteiger partial charge in [-0.15, -0.1) is 0 Å². The van der Waals surface area contributed by atoms with E-state index in [-0.39, 0.29) is 6.04 Å². The maximum Gasteiger partial charge on any atom is 0.119 e. The average Bonchev–Trinajstić information content (AvgIpc) is 2.33. The lowest BCUT2D eigenvalue weighted by molar-refractivity contribution is 0.0770. The minimum absolute atomic E-state index is 0.213. The monoisotopic (exact) mass is 265 g/mol. The van der Waals surface area contributed by atoms with Crippen molar-refractivity contribution >= 4 is 0 Å². The molecular weight excluding hydrogens is 238 g/mol. The van der Waals surface area contributed by atoms with Crippen molar-refractivity contribution in [2.45, 2.75) is 46.3 Å². The molecule has 0 heterocycles. The summed E-state index contributed by atoms with van der Waals surface area (Å²) in [5.41, 5.74) is 0.510. The molecule has 3 nitrogen and oxygen atoms in total. The molecule has 0 aliphatic heterocycles. The van der Waals surface area contributed by atoms with Gasteiger partial charge < -0.3 is 15.2 Å². The summed E-state index contributed by atoms with van der Waals surface area (Å²) in [6.07, 6.45) is 0. The summed E-state index contributed by atoms with van der Waals surface area (Å²) < 4.78 is 5.66. The molecule has 0 bridgehead atoms. The molecule has 19 heavy (non-hydrogen) atoms. The van der Waals surface area contributed by atoms with Gasteiger partial charge in [0.25, 0.3) is 0 Å². The first kappa shape index (κ1) is 16.0. The summed E-state index contributed by atoms with van der Waals surface area (Å²) in [7, 11) is 0. The first-order valence-corrected chi connectivity index (χ1v) is 6.96. The second kappa shape index (κ2) is 6.92. The molecule has 1 aromatic rings. The van der Waals surface area contributed by atoms with Gasteiger partial charge in [-0.05, 0) is 44.4 Å². The van der Waals surface area contributed by atoms with Crippen LogP contribution in [0.15, 0.2) is 24.3 Å². The number of aliphatic hydroxyl groups is 1. The van der Waals surface area contributed by atoms with E-state index in [1.54, 1.807) is 13.8 Å². The van der Waals surface area contributed by atoms with E-state index in [9.17, 15) is 5.11 Å². The lowest BCUT2D eigenvalue weighted by Crippen LogP contribution is -2.36. The Bertz CT molecular complexity index is 365. The maximum absolute atomic E-state index is 9.70. The molecule has 1 atom stereocenters. The minimum atomic E-state index is -0.686. The zero-order valence-corrected chi connectivity index (χ0v) is 12.7. The lowest BCUT2D eigenvalue weighted by atomic mass is 10.1. The number of benzene rings is 1. The molecular formula is C16H27NO2. The van der Waals surface area contributed by atoms with E-state index in [2.05, 4.69) is 38.2 Å². The largest absolute Gasteiger partial charge is 0.493 e. The topological polar surface area (TPSA) is 41.5 Å². The number of hydrogen-bond donors (Lipinski definition) is 2. The molecule has 1 aromatic carbocycles. The van der Waals surface area contributed by atoms with E-state index in [0.29, 0.717) is 12.5 Å². The Balaban J connectivity index is 2.51. The second-order valence-electron chi connectivity index (χ2n) is 6.19. The van der Waals surface area contributed by atoms with Crippen LogP contribution < -0.4 is 10.1 Å². The quantitative estimate of drug-likeness (QED) is 0.796. The van der Waals surface area contributed by atoms with Crippen LogP contribution in [0.4, 0.5) is 0 Å². The summed E-state index contributed by atoms with van der Waals surface area (Å²) in [4.78, 5) is 0. The number of rotatable bonds is 7. The van der Waals surface area contributed by atoms with E-state index >= 15 is 0 Å². The highest BCUT2D eigenvalue weighted by molar-refractivity contribution is 5.29. The number of nitrogens with one attached hydrogen (secondary N) is 1. The van der Waals surface area contributed by atoms with Crippen molar-refractivity contribution in [2.24, 2.45) is 5.92 Å². The molecule has 3 heteroatoms. The average molecular weight is 265 g/mol. The van der Waals surface area contributed by atoms with Crippen molar-refractivity contribution in [2.75, 3.05) is 13.2 Å². The van der Waals surface area contributed by atoms with Crippen LogP contribution in [-0.4, -0.2) is 23.9 Å². The van der Waals surface area contributed by atoms with Crippen molar-refractivity contribution in [1.29, 1.82) is 0 Å². The zero-order chi connectivity index (χ0) is 14.5. The molecule has 0 fully saturated rings. The van der Waals surface area contributed by atoms with Gasteiger partial charge in [0.1, 0.15) is 5.75 Å². The van der Waals surface area contributed by atoms with Crippen molar-refractivity contribution < 1.29 is 9.84 Å². The molecule has 0 saturated heterocycles. The van der Waals surface area contributed by atoms with Gasteiger partial charge in [-0.2, -0.15) is 0 Å². The number of ether oxygens (including phenoxy) is 1. The zero-order valence-electron chi connectivity index (χ0n) is 12.7. The van der Waals surface area contributed by atoms with Gasteiger partial charge in [0, 0.05) is 12.6 Å². The van der Waals surface area contributed by atoms with Crippen LogP contribution in [0.3, 0.4) is 0 Å². The second-order valence-corrected chi connectivity index (χ2v) is 6.19. The molecule has 0 aliphatic carbocycles. The fourth-order valence-corrected chi connectivity index (χ4v) is 1.64. The van der Waals surface area contributed by atoms with Crippen molar-refractivity contribution in [3.8, 4) is 5.75 Å². The normalized spacial score (nSPS) is 13.6. The van der Waals surface area contributed by atoms with Crippen LogP contribution in [0.5, 0.6) is 5.75 Å². The van der Waals surface area contributed by atoms with Crippen molar-refractivity contribution in [3.63, 3.8) is 0 Å². The van der Waals surface area contributed by atoms with E-state index in [1.165, 1.54) is 5.56 Å². The van der Waals surface area contributed by atoms with Gasteiger partial charge in [-0.1, -0.05) is 26.0 Å². The standard InChI is InChI=1S/C16H27NO2/c1-12(2)10-19-15-8-6-14(7-9-15)13(3)17-11-16(4,5)18/h6-9,12-13,17-18H,10-11H2,1-5H3. The lowest BCUT2D eigenvalue weighted by Gasteiger charge is -2.22. The van der Waals surface area contributed by atoms with Crippen LogP contribution in [0.1, 0.15) is 46.2 Å². The molecule has 2 N–H and O–H groups in total. The highest BCUT2D eigenvalue weighted by Gasteiger charge is 2.14. The molecule has 0 saturated carbocycles. The molecule has 0 spiro atoms. The molecule has 0 amide bonds. The Kier molecular flexibility index (Phi) is 5.83. The summed E-state index contributed by atoms with van der Waals surface area (Å²) in [5, 5.41) is 13.0. The SMILES string of the molecule is CC(C)COc1ccc(C(C)NCC(C)(C)O)cc1. The molecule has 1 rings (SSSR count). The van der Waals surface area contributed by atoms with E-state index in [4.69, 9.17) is 4.74 Å². The summed E-state index contributed by atoms with van der Waals surface area (Å²) in [6.45, 7) is 11.3. The first-order chi connectivity index (χ1) is 8.78. The van der Waals surface area contributed by atoms with Crippen LogP contribution in [-0.2, 0) is 0 Å². The molecule has 0 aromatic heterocycles. The summed E-state index contributed by atoms with van der Waals surface area (Å²) >= 11 is 0. The third-order valence-corrected chi connectivity index (χ3v) is 2.80. The van der Waals surface area contributed by atoms with Gasteiger partial charge in [-0.3, -0.25) is 0 Å². The van der Waals surface area contributed by atoms with E-state index < -0.39 is 5.60 Å². The predicted molar refractivity (Wildman–Crippen MR) is 79.5 cm³/mol. The van der Waals surface area contributed by atoms with Crippen molar-refractivity contribution in [3.05, 3.63) is 29.8 Å². The molecule has 0 radical (unpaired) electrons. The van der Waals surface area contributed by atoms with Crippen LogP contribution in [0.2, 0.25) is 0 Å². The Morgan fingerprint density at radius 2 is 1.74 bits per heavy atom. The van der Waals surface area contributed by atoms with Crippen LogP contribution >= 0.6 is 0 Å². The first-order valence-electron chi connectivity index (χ1n) is 6.96. The van der Waals surface area contributed by atoms with Gasteiger partial charge in [0.2, 0.25) is 0 Å². The Morgan fingerprint density at radius 1 is 1.16 bits per heavy atom. The smallest absolute Gasteiger partial charge is 0.119 e. The third kappa shape index (κ3) is 6.60. The van der Waals surface area contributed by atoms with E-state index in [1.807, 2.05) is 12.1 Å². The fourth-order valence-electron chi connectivity index (χ4n) is 1.64. The van der Waals surface area contributed by atoms with Crippen LogP contribution in [0.25, 0.3) is 0 Å².